The van der Waals surface area contributed by atoms with Crippen LogP contribution in [-0.4, -0.2) is 0 Å². The van der Waals surface area contributed by atoms with E-state index < -0.39 is 0 Å². The molecule has 2 rings (SSSR count). The Kier molecular flexibility index (Phi) is 3.34. The second-order valence-corrected chi connectivity index (χ2v) is 6.46. The van der Waals surface area contributed by atoms with Gasteiger partial charge in [-0.2, -0.15) is 0 Å². The third-order valence-corrected chi connectivity index (χ3v) is 4.29. The van der Waals surface area contributed by atoms with Crippen molar-refractivity contribution >= 4 is 0 Å². The zero-order chi connectivity index (χ0) is 12.7. The average Bonchev–Trinajstić information content (AvgIpc) is 2.53. The molecule has 0 saturated heterocycles. The summed E-state index contributed by atoms with van der Waals surface area (Å²) in [6.07, 6.45) is 1.33. The first-order chi connectivity index (χ1) is 7.91. The van der Waals surface area contributed by atoms with Crippen molar-refractivity contribution in [2.45, 2.75) is 71.6 Å². The molecule has 1 aromatic rings. The summed E-state index contributed by atoms with van der Waals surface area (Å²) in [5, 5.41) is 0. The standard InChI is InChI=1S/C17H26/c1-10(2)14-8-15(11(3)4)17-13(6)7-12(5)16(17)9-14/h8-13H,7H2,1-6H3. The lowest BCUT2D eigenvalue weighted by Gasteiger charge is -2.19. The highest BCUT2D eigenvalue weighted by molar-refractivity contribution is 5.48. The third-order valence-electron chi connectivity index (χ3n) is 4.29. The first kappa shape index (κ1) is 12.7. The Balaban J connectivity index is 2.62. The van der Waals surface area contributed by atoms with Crippen LogP contribution in [0.2, 0.25) is 0 Å². The van der Waals surface area contributed by atoms with E-state index in [1.54, 1.807) is 16.7 Å². The molecular formula is C17H26. The SMILES string of the molecule is CC(C)c1cc(C(C)C)c2c(c1)C(C)CC2C. The fourth-order valence-electron chi connectivity index (χ4n) is 3.29. The lowest BCUT2D eigenvalue weighted by Crippen LogP contribution is -2.02. The molecule has 0 nitrogen and oxygen atoms in total. The summed E-state index contributed by atoms with van der Waals surface area (Å²) < 4.78 is 0. The quantitative estimate of drug-likeness (QED) is 0.625. The highest BCUT2D eigenvalue weighted by Gasteiger charge is 2.29. The molecule has 0 bridgehead atoms. The van der Waals surface area contributed by atoms with Crippen molar-refractivity contribution in [3.63, 3.8) is 0 Å². The predicted octanol–water partition coefficient (Wildman–Crippen LogP) is 5.54. The number of rotatable bonds is 2. The maximum Gasteiger partial charge on any atom is -0.0179 e. The minimum Gasteiger partial charge on any atom is -0.0587 e. The number of hydrogen-bond acceptors (Lipinski definition) is 0. The fraction of sp³-hybridized carbons (Fsp3) is 0.647. The van der Waals surface area contributed by atoms with E-state index in [1.165, 1.54) is 12.0 Å². The van der Waals surface area contributed by atoms with Gasteiger partial charge in [0.05, 0.1) is 0 Å². The molecule has 2 unspecified atom stereocenters. The largest absolute Gasteiger partial charge is 0.0587 e. The summed E-state index contributed by atoms with van der Waals surface area (Å²) >= 11 is 0. The number of benzene rings is 1. The van der Waals surface area contributed by atoms with Gasteiger partial charge in [-0.05, 0) is 52.3 Å². The topological polar surface area (TPSA) is 0 Å². The lowest BCUT2D eigenvalue weighted by molar-refractivity contribution is 0.656. The van der Waals surface area contributed by atoms with Crippen LogP contribution >= 0.6 is 0 Å². The zero-order valence-corrected chi connectivity index (χ0v) is 12.2. The van der Waals surface area contributed by atoms with Crippen LogP contribution in [0.3, 0.4) is 0 Å². The molecule has 0 spiro atoms. The molecule has 0 amide bonds. The molecule has 1 aliphatic carbocycles. The van der Waals surface area contributed by atoms with Crippen molar-refractivity contribution in [1.29, 1.82) is 0 Å². The predicted molar refractivity (Wildman–Crippen MR) is 76.1 cm³/mol. The minimum atomic E-state index is 0.640. The van der Waals surface area contributed by atoms with E-state index in [1.807, 2.05) is 0 Å². The van der Waals surface area contributed by atoms with Crippen LogP contribution in [0.5, 0.6) is 0 Å². The van der Waals surface area contributed by atoms with Crippen LogP contribution in [0.1, 0.15) is 93.9 Å². The van der Waals surface area contributed by atoms with Gasteiger partial charge in [0.1, 0.15) is 0 Å². The summed E-state index contributed by atoms with van der Waals surface area (Å²) in [4.78, 5) is 0. The van der Waals surface area contributed by atoms with Crippen molar-refractivity contribution in [1.82, 2.24) is 0 Å². The van der Waals surface area contributed by atoms with Gasteiger partial charge in [-0.15, -0.1) is 0 Å². The Hall–Kier alpha value is -0.780. The van der Waals surface area contributed by atoms with Gasteiger partial charge in [-0.25, -0.2) is 0 Å². The first-order valence-corrected chi connectivity index (χ1v) is 7.09. The molecule has 17 heavy (non-hydrogen) atoms. The van der Waals surface area contributed by atoms with E-state index in [-0.39, 0.29) is 0 Å². The Labute approximate surface area is 106 Å². The van der Waals surface area contributed by atoms with E-state index in [2.05, 4.69) is 53.7 Å². The molecule has 0 fully saturated rings. The minimum absolute atomic E-state index is 0.640. The molecular weight excluding hydrogens is 204 g/mol. The van der Waals surface area contributed by atoms with Gasteiger partial charge in [0.15, 0.2) is 0 Å². The summed E-state index contributed by atoms with van der Waals surface area (Å²) in [7, 11) is 0. The Bertz CT molecular complexity index is 412. The van der Waals surface area contributed by atoms with E-state index in [0.717, 1.165) is 11.8 Å². The van der Waals surface area contributed by atoms with Crippen molar-refractivity contribution in [2.24, 2.45) is 0 Å². The van der Waals surface area contributed by atoms with Gasteiger partial charge >= 0.3 is 0 Å². The van der Waals surface area contributed by atoms with Crippen LogP contribution in [-0.2, 0) is 0 Å². The van der Waals surface area contributed by atoms with Crippen molar-refractivity contribution < 1.29 is 0 Å². The van der Waals surface area contributed by atoms with Gasteiger partial charge in [-0.1, -0.05) is 53.7 Å². The first-order valence-electron chi connectivity index (χ1n) is 7.09. The Morgan fingerprint density at radius 3 is 2.12 bits per heavy atom. The van der Waals surface area contributed by atoms with Crippen molar-refractivity contribution in [3.05, 3.63) is 34.4 Å². The van der Waals surface area contributed by atoms with Gasteiger partial charge < -0.3 is 0 Å². The maximum atomic E-state index is 2.47. The van der Waals surface area contributed by atoms with Crippen LogP contribution in [0.15, 0.2) is 12.1 Å². The molecule has 1 aliphatic rings. The lowest BCUT2D eigenvalue weighted by atomic mass is 9.86. The maximum absolute atomic E-state index is 2.47. The number of fused-ring (bicyclic) bond motifs is 1. The molecule has 0 aliphatic heterocycles. The van der Waals surface area contributed by atoms with Crippen molar-refractivity contribution in [3.8, 4) is 0 Å². The zero-order valence-electron chi connectivity index (χ0n) is 12.2. The van der Waals surface area contributed by atoms with Crippen LogP contribution in [0.4, 0.5) is 0 Å². The molecule has 0 radical (unpaired) electrons. The third kappa shape index (κ3) is 2.14. The Morgan fingerprint density at radius 2 is 1.59 bits per heavy atom. The van der Waals surface area contributed by atoms with E-state index >= 15 is 0 Å². The smallest absolute Gasteiger partial charge is 0.0179 e. The molecule has 0 heteroatoms. The van der Waals surface area contributed by atoms with Gasteiger partial charge in [0.2, 0.25) is 0 Å². The highest BCUT2D eigenvalue weighted by Crippen LogP contribution is 2.45. The molecule has 0 heterocycles. The normalized spacial score (nSPS) is 23.5. The summed E-state index contributed by atoms with van der Waals surface area (Å²) in [6.45, 7) is 14.0. The van der Waals surface area contributed by atoms with Gasteiger partial charge in [-0.3, -0.25) is 0 Å². The van der Waals surface area contributed by atoms with E-state index in [4.69, 9.17) is 0 Å². The molecule has 94 valence electrons. The summed E-state index contributed by atoms with van der Waals surface area (Å²) in [5.41, 5.74) is 6.42. The summed E-state index contributed by atoms with van der Waals surface area (Å²) in [5.74, 6) is 2.78. The van der Waals surface area contributed by atoms with E-state index in [0.29, 0.717) is 11.8 Å². The number of hydrogen-bond donors (Lipinski definition) is 0. The molecule has 1 aromatic carbocycles. The second kappa shape index (κ2) is 4.48. The van der Waals surface area contributed by atoms with Crippen molar-refractivity contribution in [2.75, 3.05) is 0 Å². The van der Waals surface area contributed by atoms with E-state index in [9.17, 15) is 0 Å². The molecule has 2 atom stereocenters. The second-order valence-electron chi connectivity index (χ2n) is 6.46. The molecule has 0 aromatic heterocycles. The summed E-state index contributed by atoms with van der Waals surface area (Å²) in [6, 6.07) is 4.93. The van der Waals surface area contributed by atoms with Crippen LogP contribution < -0.4 is 0 Å². The van der Waals surface area contributed by atoms with Crippen LogP contribution in [0, 0.1) is 0 Å². The van der Waals surface area contributed by atoms with Crippen LogP contribution in [0.25, 0.3) is 0 Å². The van der Waals surface area contributed by atoms with Gasteiger partial charge in [0.25, 0.3) is 0 Å². The highest BCUT2D eigenvalue weighted by atomic mass is 14.3. The average molecular weight is 230 g/mol. The molecule has 0 N–H and O–H groups in total. The van der Waals surface area contributed by atoms with Gasteiger partial charge in [0, 0.05) is 0 Å². The molecule has 0 saturated carbocycles. The fourth-order valence-corrected chi connectivity index (χ4v) is 3.29. The monoisotopic (exact) mass is 230 g/mol. The Morgan fingerprint density at radius 1 is 0.941 bits per heavy atom.